The van der Waals surface area contributed by atoms with E-state index in [0.717, 1.165) is 6.54 Å². The van der Waals surface area contributed by atoms with E-state index in [1.165, 1.54) is 32.0 Å². The number of halogens is 2. The van der Waals surface area contributed by atoms with Gasteiger partial charge in [-0.3, -0.25) is 0 Å². The topological polar surface area (TPSA) is 41.3 Å². The summed E-state index contributed by atoms with van der Waals surface area (Å²) in [6.07, 6.45) is 2.44. The fraction of sp³-hybridized carbons (Fsp3) is 0.500. The molecule has 2 bridgehead atoms. The number of anilines is 1. The normalized spacial score (nSPS) is 28.4. The molecule has 3 aliphatic heterocycles. The molecule has 1 aromatic heterocycles. The molecular weight excluding hydrogens is 281 g/mol. The van der Waals surface area contributed by atoms with Crippen LogP contribution in [-0.2, 0) is 0 Å². The third-order valence-corrected chi connectivity index (χ3v) is 4.43. The summed E-state index contributed by atoms with van der Waals surface area (Å²) in [6, 6.07) is 5.19. The zero-order valence-electron chi connectivity index (χ0n) is 11.0. The highest BCUT2D eigenvalue weighted by molar-refractivity contribution is 5.88. The fourth-order valence-electron chi connectivity index (χ4n) is 3.35. The smallest absolute Gasteiger partial charge is 0.180 e. The van der Waals surface area contributed by atoms with Crippen LogP contribution in [0.25, 0.3) is 11.0 Å². The lowest BCUT2D eigenvalue weighted by molar-refractivity contribution is 0.0973. The lowest BCUT2D eigenvalue weighted by atomic mass is 9.84. The molecule has 1 atom stereocenters. The maximum atomic E-state index is 13.9. The molecule has 3 aliphatic rings. The molecule has 3 saturated heterocycles. The van der Waals surface area contributed by atoms with Gasteiger partial charge in [-0.05, 0) is 44.0 Å². The molecule has 1 N–H and O–H groups in total. The first-order valence-corrected chi connectivity index (χ1v) is 6.84. The van der Waals surface area contributed by atoms with Gasteiger partial charge in [0.05, 0.1) is 0 Å². The highest BCUT2D eigenvalue weighted by Crippen LogP contribution is 2.32. The molecule has 0 spiro atoms. The van der Waals surface area contributed by atoms with E-state index in [9.17, 15) is 4.39 Å². The second-order valence-electron chi connectivity index (χ2n) is 5.53. The minimum absolute atomic E-state index is 0. The second kappa shape index (κ2) is 5.22. The van der Waals surface area contributed by atoms with E-state index in [2.05, 4.69) is 15.4 Å². The van der Waals surface area contributed by atoms with Crippen LogP contribution in [0.4, 0.5) is 10.2 Å². The Bertz CT molecular complexity index is 609. The lowest BCUT2D eigenvalue weighted by Crippen LogP contribution is -2.53. The van der Waals surface area contributed by atoms with Gasteiger partial charge in [-0.1, -0.05) is 11.2 Å². The predicted octanol–water partition coefficient (Wildman–Crippen LogP) is 2.89. The quantitative estimate of drug-likeness (QED) is 0.925. The van der Waals surface area contributed by atoms with E-state index in [0.29, 0.717) is 28.7 Å². The molecule has 4 heterocycles. The third kappa shape index (κ3) is 2.15. The van der Waals surface area contributed by atoms with Crippen molar-refractivity contribution in [2.75, 3.05) is 25.0 Å². The summed E-state index contributed by atoms with van der Waals surface area (Å²) in [7, 11) is 0. The highest BCUT2D eigenvalue weighted by Gasteiger charge is 2.34. The number of fused-ring (bicyclic) bond motifs is 4. The lowest BCUT2D eigenvalue weighted by Gasteiger charge is -2.44. The molecule has 4 nitrogen and oxygen atoms in total. The fourth-order valence-corrected chi connectivity index (χ4v) is 3.35. The Labute approximate surface area is 122 Å². The Morgan fingerprint density at radius 2 is 2.10 bits per heavy atom. The van der Waals surface area contributed by atoms with Gasteiger partial charge >= 0.3 is 0 Å². The van der Waals surface area contributed by atoms with Crippen LogP contribution in [-0.4, -0.2) is 35.7 Å². The summed E-state index contributed by atoms with van der Waals surface area (Å²) in [5.41, 5.74) is 0.503. The Morgan fingerprint density at radius 3 is 2.80 bits per heavy atom. The first kappa shape index (κ1) is 13.6. The zero-order chi connectivity index (χ0) is 12.8. The predicted molar refractivity (Wildman–Crippen MR) is 77.8 cm³/mol. The number of piperidine rings is 3. The molecule has 0 radical (unpaired) electrons. The number of rotatable bonds is 2. The van der Waals surface area contributed by atoms with Crippen LogP contribution in [0.1, 0.15) is 12.8 Å². The summed E-state index contributed by atoms with van der Waals surface area (Å²) in [5.74, 6) is 0.942. The van der Waals surface area contributed by atoms with Crippen molar-refractivity contribution in [1.82, 2.24) is 10.1 Å². The van der Waals surface area contributed by atoms with Crippen molar-refractivity contribution >= 4 is 29.2 Å². The van der Waals surface area contributed by atoms with E-state index in [4.69, 9.17) is 4.52 Å². The summed E-state index contributed by atoms with van der Waals surface area (Å²) in [4.78, 5) is 2.45. The van der Waals surface area contributed by atoms with Crippen LogP contribution in [0.15, 0.2) is 22.7 Å². The molecule has 0 saturated carbocycles. The van der Waals surface area contributed by atoms with Gasteiger partial charge in [0, 0.05) is 12.6 Å². The highest BCUT2D eigenvalue weighted by atomic mass is 35.5. The Kier molecular flexibility index (Phi) is 3.56. The summed E-state index contributed by atoms with van der Waals surface area (Å²) in [6.45, 7) is 3.40. The first-order valence-electron chi connectivity index (χ1n) is 6.84. The van der Waals surface area contributed by atoms with Crippen LogP contribution >= 0.6 is 12.4 Å². The molecule has 5 rings (SSSR count). The average Bonchev–Trinajstić information content (AvgIpc) is 2.85. The minimum Gasteiger partial charge on any atom is -0.362 e. The minimum atomic E-state index is -0.275. The van der Waals surface area contributed by atoms with Crippen LogP contribution in [0.3, 0.4) is 0 Å². The second-order valence-corrected chi connectivity index (χ2v) is 5.53. The van der Waals surface area contributed by atoms with Crippen LogP contribution in [0, 0.1) is 11.7 Å². The van der Waals surface area contributed by atoms with E-state index >= 15 is 0 Å². The van der Waals surface area contributed by atoms with Gasteiger partial charge in [0.25, 0.3) is 0 Å². The number of nitrogens with zero attached hydrogens (tertiary/aromatic N) is 2. The maximum absolute atomic E-state index is 13.9. The van der Waals surface area contributed by atoms with Crippen molar-refractivity contribution in [3.05, 3.63) is 24.0 Å². The van der Waals surface area contributed by atoms with E-state index in [-0.39, 0.29) is 18.2 Å². The molecular formula is C14H17ClFN3O. The standard InChI is InChI=1S/C14H16FN3O.ClH/c15-10-2-1-3-12-13(10)14(17-19-12)16-11-8-18-6-4-9(11)5-7-18;/h1-3,9,11H,4-8H2,(H,16,17);1H/t11-;/m0./s1. The summed E-state index contributed by atoms with van der Waals surface area (Å²) in [5, 5.41) is 7.85. The molecule has 0 aliphatic carbocycles. The van der Waals surface area contributed by atoms with Crippen molar-refractivity contribution < 1.29 is 8.91 Å². The molecule has 3 fully saturated rings. The SMILES string of the molecule is Cl.Fc1cccc2onc(N[C@H]3CN4CCC3CC4)c12. The molecule has 20 heavy (non-hydrogen) atoms. The Hall–Kier alpha value is -1.33. The molecule has 108 valence electrons. The van der Waals surface area contributed by atoms with Crippen molar-refractivity contribution in [2.24, 2.45) is 5.92 Å². The summed E-state index contributed by atoms with van der Waals surface area (Å²) < 4.78 is 19.1. The van der Waals surface area contributed by atoms with Gasteiger partial charge in [-0.2, -0.15) is 0 Å². The number of nitrogens with one attached hydrogen (secondary N) is 1. The largest absolute Gasteiger partial charge is 0.362 e. The molecule has 2 aromatic rings. The van der Waals surface area contributed by atoms with Crippen LogP contribution in [0.2, 0.25) is 0 Å². The molecule has 6 heteroatoms. The Balaban J connectivity index is 0.00000121. The first-order chi connectivity index (χ1) is 9.31. The van der Waals surface area contributed by atoms with Gasteiger partial charge in [0.2, 0.25) is 0 Å². The number of aromatic nitrogens is 1. The van der Waals surface area contributed by atoms with E-state index in [1.807, 2.05) is 0 Å². The molecule has 0 unspecified atom stereocenters. The maximum Gasteiger partial charge on any atom is 0.180 e. The van der Waals surface area contributed by atoms with Crippen LogP contribution in [0.5, 0.6) is 0 Å². The monoisotopic (exact) mass is 297 g/mol. The van der Waals surface area contributed by atoms with Crippen molar-refractivity contribution in [2.45, 2.75) is 18.9 Å². The third-order valence-electron chi connectivity index (χ3n) is 4.43. The van der Waals surface area contributed by atoms with Crippen molar-refractivity contribution in [1.29, 1.82) is 0 Å². The Morgan fingerprint density at radius 1 is 1.30 bits per heavy atom. The number of hydrogen-bond acceptors (Lipinski definition) is 4. The van der Waals surface area contributed by atoms with Gasteiger partial charge in [0.15, 0.2) is 11.4 Å². The number of benzene rings is 1. The van der Waals surface area contributed by atoms with Gasteiger partial charge < -0.3 is 14.7 Å². The van der Waals surface area contributed by atoms with Crippen molar-refractivity contribution in [3.63, 3.8) is 0 Å². The van der Waals surface area contributed by atoms with Crippen molar-refractivity contribution in [3.8, 4) is 0 Å². The van der Waals surface area contributed by atoms with E-state index < -0.39 is 0 Å². The van der Waals surface area contributed by atoms with Crippen LogP contribution < -0.4 is 5.32 Å². The van der Waals surface area contributed by atoms with Gasteiger partial charge in [-0.25, -0.2) is 4.39 Å². The molecule has 1 aromatic carbocycles. The van der Waals surface area contributed by atoms with Gasteiger partial charge in [0.1, 0.15) is 11.2 Å². The van der Waals surface area contributed by atoms with E-state index in [1.54, 1.807) is 12.1 Å². The zero-order valence-corrected chi connectivity index (χ0v) is 11.8. The average molecular weight is 298 g/mol. The number of hydrogen-bond donors (Lipinski definition) is 1. The molecule has 0 amide bonds. The summed E-state index contributed by atoms with van der Waals surface area (Å²) >= 11 is 0. The van der Waals surface area contributed by atoms with Gasteiger partial charge in [-0.15, -0.1) is 12.4 Å².